The molecule has 0 saturated carbocycles. The number of imidazole rings is 1. The van der Waals surface area contributed by atoms with Crippen LogP contribution >= 0.6 is 0 Å². The van der Waals surface area contributed by atoms with Crippen molar-refractivity contribution in [3.63, 3.8) is 0 Å². The minimum Gasteiger partial charge on any atom is -0.331 e. The second-order valence-electron chi connectivity index (χ2n) is 3.93. The Morgan fingerprint density at radius 1 is 1.40 bits per heavy atom. The predicted octanol–water partition coefficient (Wildman–Crippen LogP) is 1.64. The summed E-state index contributed by atoms with van der Waals surface area (Å²) in [6.45, 7) is 3.07. The largest absolute Gasteiger partial charge is 0.331 e. The summed E-state index contributed by atoms with van der Waals surface area (Å²) in [5.41, 5.74) is 3.58. The molecule has 0 spiro atoms. The lowest BCUT2D eigenvalue weighted by Gasteiger charge is -2.01. The standard InChI is InChI=1S/C12H17N3/c1-9-4-5-11-10(8-9)14-12(15(11)3)6-7-13-2/h4-5,8,13H,6-7H2,1-3H3. The van der Waals surface area contributed by atoms with Crippen molar-refractivity contribution < 1.29 is 0 Å². The molecule has 3 nitrogen and oxygen atoms in total. The Morgan fingerprint density at radius 3 is 2.93 bits per heavy atom. The van der Waals surface area contributed by atoms with Gasteiger partial charge in [-0.25, -0.2) is 4.98 Å². The zero-order chi connectivity index (χ0) is 10.8. The summed E-state index contributed by atoms with van der Waals surface area (Å²) in [5.74, 6) is 1.14. The van der Waals surface area contributed by atoms with Crippen LogP contribution < -0.4 is 5.32 Å². The molecule has 1 N–H and O–H groups in total. The number of rotatable bonds is 3. The topological polar surface area (TPSA) is 29.9 Å². The molecule has 0 aliphatic carbocycles. The third kappa shape index (κ3) is 1.88. The first-order valence-electron chi connectivity index (χ1n) is 5.29. The highest BCUT2D eigenvalue weighted by Crippen LogP contribution is 2.16. The first-order valence-corrected chi connectivity index (χ1v) is 5.29. The second-order valence-corrected chi connectivity index (χ2v) is 3.93. The number of benzene rings is 1. The molecule has 0 unspecified atom stereocenters. The fourth-order valence-electron chi connectivity index (χ4n) is 1.82. The van der Waals surface area contributed by atoms with Gasteiger partial charge in [-0.3, -0.25) is 0 Å². The summed E-state index contributed by atoms with van der Waals surface area (Å²) in [7, 11) is 4.04. The van der Waals surface area contributed by atoms with Crippen molar-refractivity contribution >= 4 is 11.0 Å². The van der Waals surface area contributed by atoms with Crippen LogP contribution in [0.4, 0.5) is 0 Å². The molecule has 2 aromatic rings. The van der Waals surface area contributed by atoms with E-state index in [2.05, 4.69) is 47.0 Å². The van der Waals surface area contributed by atoms with Crippen molar-refractivity contribution in [3.8, 4) is 0 Å². The van der Waals surface area contributed by atoms with Crippen LogP contribution in [0.3, 0.4) is 0 Å². The SMILES string of the molecule is CNCCc1nc2cc(C)ccc2n1C. The smallest absolute Gasteiger partial charge is 0.110 e. The van der Waals surface area contributed by atoms with E-state index in [1.54, 1.807) is 0 Å². The van der Waals surface area contributed by atoms with Gasteiger partial charge in [0.05, 0.1) is 11.0 Å². The van der Waals surface area contributed by atoms with Crippen LogP contribution in [-0.2, 0) is 13.5 Å². The van der Waals surface area contributed by atoms with Crippen LogP contribution in [0.1, 0.15) is 11.4 Å². The Morgan fingerprint density at radius 2 is 2.20 bits per heavy atom. The molecule has 0 aliphatic rings. The van der Waals surface area contributed by atoms with Gasteiger partial charge in [-0.1, -0.05) is 6.07 Å². The number of hydrogen-bond acceptors (Lipinski definition) is 2. The highest BCUT2D eigenvalue weighted by Gasteiger charge is 2.06. The van der Waals surface area contributed by atoms with Gasteiger partial charge in [0.2, 0.25) is 0 Å². The summed E-state index contributed by atoms with van der Waals surface area (Å²) >= 11 is 0. The third-order valence-electron chi connectivity index (χ3n) is 2.73. The number of nitrogens with zero attached hydrogens (tertiary/aromatic N) is 2. The molecule has 0 fully saturated rings. The molecule has 0 aliphatic heterocycles. The lowest BCUT2D eigenvalue weighted by Crippen LogP contribution is -2.12. The fourth-order valence-corrected chi connectivity index (χ4v) is 1.82. The van der Waals surface area contributed by atoms with Crippen molar-refractivity contribution in [2.24, 2.45) is 7.05 Å². The number of nitrogens with one attached hydrogen (secondary N) is 1. The Kier molecular flexibility index (Phi) is 2.73. The van der Waals surface area contributed by atoms with Gasteiger partial charge < -0.3 is 9.88 Å². The van der Waals surface area contributed by atoms with Crippen molar-refractivity contribution in [2.75, 3.05) is 13.6 Å². The number of fused-ring (bicyclic) bond motifs is 1. The molecule has 3 heteroatoms. The lowest BCUT2D eigenvalue weighted by molar-refractivity contribution is 0.726. The monoisotopic (exact) mass is 203 g/mol. The summed E-state index contributed by atoms with van der Waals surface area (Å²) < 4.78 is 2.17. The number of likely N-dealkylation sites (N-methyl/N-ethyl adjacent to an activating group) is 1. The first kappa shape index (κ1) is 10.2. The van der Waals surface area contributed by atoms with Crippen LogP contribution in [0.25, 0.3) is 11.0 Å². The number of aromatic nitrogens is 2. The molecule has 80 valence electrons. The highest BCUT2D eigenvalue weighted by molar-refractivity contribution is 5.76. The van der Waals surface area contributed by atoms with E-state index in [-0.39, 0.29) is 0 Å². The lowest BCUT2D eigenvalue weighted by atomic mass is 10.2. The molecule has 0 atom stereocenters. The van der Waals surface area contributed by atoms with Crippen LogP contribution in [-0.4, -0.2) is 23.1 Å². The molecule has 1 aromatic carbocycles. The van der Waals surface area contributed by atoms with Gasteiger partial charge in [0.15, 0.2) is 0 Å². The zero-order valence-corrected chi connectivity index (χ0v) is 9.54. The Hall–Kier alpha value is -1.35. The molecule has 0 saturated heterocycles. The van der Waals surface area contributed by atoms with Crippen LogP contribution in [0.15, 0.2) is 18.2 Å². The molecule has 1 aromatic heterocycles. The quantitative estimate of drug-likeness (QED) is 0.822. The van der Waals surface area contributed by atoms with Crippen molar-refractivity contribution in [3.05, 3.63) is 29.6 Å². The minimum atomic E-state index is 0.968. The van der Waals surface area contributed by atoms with Crippen molar-refractivity contribution in [1.82, 2.24) is 14.9 Å². The molecule has 2 rings (SSSR count). The van der Waals surface area contributed by atoms with Gasteiger partial charge in [-0.2, -0.15) is 0 Å². The average Bonchev–Trinajstić information content (AvgIpc) is 2.52. The van der Waals surface area contributed by atoms with E-state index in [9.17, 15) is 0 Å². The van der Waals surface area contributed by atoms with Crippen molar-refractivity contribution in [1.29, 1.82) is 0 Å². The van der Waals surface area contributed by atoms with Gasteiger partial charge in [0.1, 0.15) is 5.82 Å². The van der Waals surface area contributed by atoms with E-state index in [4.69, 9.17) is 0 Å². The summed E-state index contributed by atoms with van der Waals surface area (Å²) in [6.07, 6.45) is 0.973. The van der Waals surface area contributed by atoms with Gasteiger partial charge in [0, 0.05) is 20.0 Å². The molecule has 15 heavy (non-hydrogen) atoms. The van der Waals surface area contributed by atoms with Crippen LogP contribution in [0, 0.1) is 6.92 Å². The molecular formula is C12H17N3. The minimum absolute atomic E-state index is 0.968. The summed E-state index contributed by atoms with van der Waals surface area (Å²) in [5, 5.41) is 3.15. The number of aryl methyl sites for hydroxylation is 2. The van der Waals surface area contributed by atoms with E-state index in [0.29, 0.717) is 0 Å². The van der Waals surface area contributed by atoms with E-state index in [1.807, 2.05) is 7.05 Å². The maximum atomic E-state index is 4.63. The Bertz CT molecular complexity index is 471. The fraction of sp³-hybridized carbons (Fsp3) is 0.417. The third-order valence-corrected chi connectivity index (χ3v) is 2.73. The van der Waals surface area contributed by atoms with E-state index in [1.165, 1.54) is 11.1 Å². The van der Waals surface area contributed by atoms with E-state index >= 15 is 0 Å². The Labute approximate surface area is 90.1 Å². The maximum absolute atomic E-state index is 4.63. The molecular weight excluding hydrogens is 186 g/mol. The van der Waals surface area contributed by atoms with Gasteiger partial charge in [-0.15, -0.1) is 0 Å². The van der Waals surface area contributed by atoms with Gasteiger partial charge in [-0.05, 0) is 31.7 Å². The first-order chi connectivity index (χ1) is 7.22. The summed E-state index contributed by atoms with van der Waals surface area (Å²) in [4.78, 5) is 4.63. The van der Waals surface area contributed by atoms with E-state index in [0.717, 1.165) is 24.3 Å². The molecule has 1 heterocycles. The second kappa shape index (κ2) is 4.03. The Balaban J connectivity index is 2.44. The predicted molar refractivity (Wildman–Crippen MR) is 63.1 cm³/mol. The molecule has 0 radical (unpaired) electrons. The summed E-state index contributed by atoms with van der Waals surface area (Å²) in [6, 6.07) is 6.41. The van der Waals surface area contributed by atoms with Crippen LogP contribution in [0.5, 0.6) is 0 Å². The normalized spacial score (nSPS) is 11.1. The highest BCUT2D eigenvalue weighted by atomic mass is 15.1. The molecule has 0 amide bonds. The van der Waals surface area contributed by atoms with E-state index < -0.39 is 0 Å². The van der Waals surface area contributed by atoms with Crippen LogP contribution in [0.2, 0.25) is 0 Å². The average molecular weight is 203 g/mol. The van der Waals surface area contributed by atoms with Gasteiger partial charge >= 0.3 is 0 Å². The zero-order valence-electron chi connectivity index (χ0n) is 9.54. The van der Waals surface area contributed by atoms with Crippen molar-refractivity contribution in [2.45, 2.75) is 13.3 Å². The molecule has 0 bridgehead atoms. The van der Waals surface area contributed by atoms with Gasteiger partial charge in [0.25, 0.3) is 0 Å². The number of hydrogen-bond donors (Lipinski definition) is 1. The maximum Gasteiger partial charge on any atom is 0.110 e.